The van der Waals surface area contributed by atoms with Crippen molar-refractivity contribution in [3.8, 4) is 0 Å². The molecule has 3 N–H and O–H groups in total. The number of carbonyl (C=O) groups is 1. The molecule has 0 spiro atoms. The first kappa shape index (κ1) is 26.3. The van der Waals surface area contributed by atoms with Gasteiger partial charge in [0.25, 0.3) is 0 Å². The summed E-state index contributed by atoms with van der Waals surface area (Å²) < 4.78 is 22.5. The fourth-order valence-electron chi connectivity index (χ4n) is 2.38. The summed E-state index contributed by atoms with van der Waals surface area (Å²) in [5.41, 5.74) is 0.890. The summed E-state index contributed by atoms with van der Waals surface area (Å²) >= 11 is 0. The largest absolute Gasteiger partial charge is 1.00 e. The number of benzene rings is 1. The maximum atomic E-state index is 12.3. The molecule has 3 atom stereocenters. The van der Waals surface area contributed by atoms with Crippen molar-refractivity contribution >= 4 is 13.3 Å². The first-order chi connectivity index (χ1) is 12.2. The van der Waals surface area contributed by atoms with E-state index in [1.54, 1.807) is 32.9 Å². The Labute approximate surface area is 171 Å². The number of rotatable bonds is 12. The molecule has 0 amide bonds. The number of aliphatic hydroxyl groups is 1. The monoisotopic (exact) mass is 395 g/mol. The topological polar surface area (TPSA) is 128 Å². The molecule has 8 nitrogen and oxygen atoms in total. The molecule has 1 rings (SSSR count). The minimum absolute atomic E-state index is 0. The number of hydrogen-bond donors (Lipinski definition) is 3. The van der Waals surface area contributed by atoms with Gasteiger partial charge in [-0.25, -0.2) is 4.79 Å². The fraction of sp³-hybridized carbons (Fsp3) is 0.588. The third-order valence-corrected chi connectivity index (χ3v) is 5.57. The number of hydrogen-bond acceptors (Lipinski definition) is 7. The molecule has 0 aliphatic carbocycles. The van der Waals surface area contributed by atoms with Gasteiger partial charge in [-0.1, -0.05) is 12.1 Å². The van der Waals surface area contributed by atoms with Crippen molar-refractivity contribution in [3.63, 3.8) is 0 Å². The summed E-state index contributed by atoms with van der Waals surface area (Å²) in [5.74, 6) is -1.02. The van der Waals surface area contributed by atoms with Crippen LogP contribution in [0.3, 0.4) is 0 Å². The van der Waals surface area contributed by atoms with Gasteiger partial charge in [0, 0.05) is 32.0 Å². The Morgan fingerprint density at radius 2 is 1.89 bits per heavy atom. The molecule has 0 aromatic heterocycles. The van der Waals surface area contributed by atoms with Crippen LogP contribution in [0.4, 0.5) is 0 Å². The van der Waals surface area contributed by atoms with E-state index in [1.165, 1.54) is 12.1 Å². The van der Waals surface area contributed by atoms with E-state index >= 15 is 0 Å². The van der Waals surface area contributed by atoms with E-state index in [0.717, 1.165) is 5.56 Å². The zero-order valence-electron chi connectivity index (χ0n) is 16.3. The molecule has 3 unspecified atom stereocenters. The summed E-state index contributed by atoms with van der Waals surface area (Å²) in [5, 5.41) is 22.1. The van der Waals surface area contributed by atoms with Crippen molar-refractivity contribution in [2.45, 2.75) is 38.9 Å². The number of carboxylic acids is 1. The maximum Gasteiger partial charge on any atom is 1.00 e. The van der Waals surface area contributed by atoms with Crippen molar-refractivity contribution < 1.29 is 52.8 Å². The van der Waals surface area contributed by atoms with Crippen molar-refractivity contribution in [3.05, 3.63) is 35.4 Å². The molecule has 10 heteroatoms. The van der Waals surface area contributed by atoms with Crippen LogP contribution in [0.5, 0.6) is 0 Å². The second kappa shape index (κ2) is 12.7. The first-order valence-corrected chi connectivity index (χ1v) is 10.4. The van der Waals surface area contributed by atoms with Gasteiger partial charge in [-0.3, -0.25) is 0 Å². The van der Waals surface area contributed by atoms with Gasteiger partial charge in [0.05, 0.1) is 19.0 Å². The van der Waals surface area contributed by atoms with E-state index in [9.17, 15) is 19.4 Å². The molecular weight excluding hydrogens is 368 g/mol. The molecule has 0 bridgehead atoms. The van der Waals surface area contributed by atoms with Gasteiger partial charge in [0.15, 0.2) is 6.03 Å². The van der Waals surface area contributed by atoms with Gasteiger partial charge < -0.3 is 34.5 Å². The molecule has 1 aromatic rings. The normalized spacial score (nSPS) is 15.6. The Kier molecular flexibility index (Phi) is 12.4. The molecule has 0 saturated heterocycles. The zero-order chi connectivity index (χ0) is 19.7. The number of aliphatic hydroxyl groups excluding tert-OH is 1. The summed E-state index contributed by atoms with van der Waals surface area (Å²) in [6.07, 6.45) is -1.63. The maximum absolute atomic E-state index is 12.3. The predicted molar refractivity (Wildman–Crippen MR) is 95.3 cm³/mol. The van der Waals surface area contributed by atoms with Gasteiger partial charge in [-0.05, 0) is 38.5 Å². The molecular formula is C17H27LiNO7P. The van der Waals surface area contributed by atoms with Crippen LogP contribution in [0.25, 0.3) is 0 Å². The van der Waals surface area contributed by atoms with E-state index in [-0.39, 0.29) is 50.2 Å². The van der Waals surface area contributed by atoms with Crippen molar-refractivity contribution in [1.82, 2.24) is 5.32 Å². The summed E-state index contributed by atoms with van der Waals surface area (Å²) in [7, 11) is -4.11. The van der Waals surface area contributed by atoms with Gasteiger partial charge in [0.1, 0.15) is 0 Å². The number of ether oxygens (including phenoxy) is 2. The Balaban J connectivity index is 0.00000676. The van der Waals surface area contributed by atoms with Crippen LogP contribution in [0.15, 0.2) is 24.3 Å². The fourth-order valence-corrected chi connectivity index (χ4v) is 4.02. The second-order valence-corrected chi connectivity index (χ2v) is 8.08. The average molecular weight is 395 g/mol. The van der Waals surface area contributed by atoms with Gasteiger partial charge >= 0.3 is 24.8 Å². The molecule has 1 aromatic carbocycles. The van der Waals surface area contributed by atoms with E-state index in [4.69, 9.17) is 14.6 Å². The minimum Gasteiger partial charge on any atom is -0.796 e. The van der Waals surface area contributed by atoms with Crippen LogP contribution in [0, 0.1) is 0 Å². The van der Waals surface area contributed by atoms with Crippen LogP contribution >= 0.6 is 7.37 Å². The van der Waals surface area contributed by atoms with Crippen LogP contribution in [-0.4, -0.2) is 54.2 Å². The molecule has 0 aliphatic heterocycles. The Morgan fingerprint density at radius 3 is 2.41 bits per heavy atom. The standard InChI is InChI=1S/C17H28NO7P.Li/c1-4-24-17(25-5-2)26(22,23)11-15(19)10-18-12(3)13-7-6-8-14(9-13)16(20)21;/h6-9,12,15,17-19H,4-5,10-11H2,1-3H3,(H,20,21)(H,22,23);/q;+1/p-1. The Morgan fingerprint density at radius 1 is 1.30 bits per heavy atom. The van der Waals surface area contributed by atoms with E-state index in [2.05, 4.69) is 5.32 Å². The molecule has 27 heavy (non-hydrogen) atoms. The summed E-state index contributed by atoms with van der Waals surface area (Å²) in [6, 6.07) is 4.79. The van der Waals surface area contributed by atoms with Crippen LogP contribution in [0.1, 0.15) is 42.7 Å². The number of carboxylic acid groups (broad SMARTS) is 1. The molecule has 0 saturated carbocycles. The van der Waals surface area contributed by atoms with Crippen LogP contribution in [-0.2, 0) is 14.0 Å². The van der Waals surface area contributed by atoms with E-state index in [1.807, 2.05) is 0 Å². The van der Waals surface area contributed by atoms with Crippen molar-refractivity contribution in [2.24, 2.45) is 0 Å². The minimum atomic E-state index is -4.11. The summed E-state index contributed by atoms with van der Waals surface area (Å²) in [6.45, 7) is 5.52. The average Bonchev–Trinajstić information content (AvgIpc) is 2.59. The van der Waals surface area contributed by atoms with Gasteiger partial charge in [0.2, 0.25) is 0 Å². The smallest absolute Gasteiger partial charge is 0.796 e. The summed E-state index contributed by atoms with van der Waals surface area (Å²) in [4.78, 5) is 23.3. The number of nitrogens with one attached hydrogen (secondary N) is 1. The molecule has 0 aliphatic rings. The third kappa shape index (κ3) is 8.90. The van der Waals surface area contributed by atoms with Gasteiger partial charge in [-0.2, -0.15) is 0 Å². The van der Waals surface area contributed by atoms with E-state index < -0.39 is 31.6 Å². The Bertz CT molecular complexity index is 625. The quantitative estimate of drug-likeness (QED) is 0.219. The first-order valence-electron chi connectivity index (χ1n) is 8.48. The Hall–Kier alpha value is -0.683. The van der Waals surface area contributed by atoms with Crippen molar-refractivity contribution in [2.75, 3.05) is 25.9 Å². The van der Waals surface area contributed by atoms with Crippen LogP contribution in [0.2, 0.25) is 0 Å². The van der Waals surface area contributed by atoms with E-state index in [0.29, 0.717) is 0 Å². The van der Waals surface area contributed by atoms with Crippen LogP contribution < -0.4 is 29.1 Å². The predicted octanol–water partition coefficient (Wildman–Crippen LogP) is -1.60. The molecule has 148 valence electrons. The van der Waals surface area contributed by atoms with Crippen molar-refractivity contribution in [1.29, 1.82) is 0 Å². The number of aromatic carboxylic acids is 1. The zero-order valence-corrected chi connectivity index (χ0v) is 17.1. The SMILES string of the molecule is CCOC(OCC)P(=O)([O-])CC(O)CNC(C)c1cccc(C(=O)O)c1.[Li+]. The second-order valence-electron chi connectivity index (χ2n) is 5.84. The van der Waals surface area contributed by atoms with Gasteiger partial charge in [-0.15, -0.1) is 0 Å². The third-order valence-electron chi connectivity index (χ3n) is 3.70. The molecule has 0 radical (unpaired) electrons. The molecule has 0 fully saturated rings. The molecule has 0 heterocycles.